The molecule has 0 unspecified atom stereocenters. The minimum absolute atomic E-state index is 0. The molecule has 0 aliphatic rings. The minimum Gasteiger partial charge on any atom is -0.311 e. The molecular weight excluding hydrogens is 219 g/mol. The van der Waals surface area contributed by atoms with Crippen LogP contribution in [0.25, 0.3) is 11.2 Å². The van der Waals surface area contributed by atoms with E-state index in [9.17, 15) is 9.59 Å². The van der Waals surface area contributed by atoms with Gasteiger partial charge in [0, 0.05) is 36.1 Å². The maximum atomic E-state index is 11.5. The van der Waals surface area contributed by atoms with Crippen molar-refractivity contribution in [2.75, 3.05) is 0 Å². The van der Waals surface area contributed by atoms with Crippen LogP contribution < -0.4 is 11.2 Å². The third kappa shape index (κ3) is 2.28. The van der Waals surface area contributed by atoms with Gasteiger partial charge in [-0.2, -0.15) is 0 Å². The molecular formula is C9H12N4NaO2. The first-order valence-corrected chi connectivity index (χ1v) is 4.90. The van der Waals surface area contributed by atoms with Crippen LogP contribution in [0.1, 0.15) is 19.8 Å². The van der Waals surface area contributed by atoms with Gasteiger partial charge in [-0.1, -0.05) is 13.3 Å². The number of hydrogen-bond donors (Lipinski definition) is 2. The summed E-state index contributed by atoms with van der Waals surface area (Å²) >= 11 is 0. The summed E-state index contributed by atoms with van der Waals surface area (Å²) in [5.41, 5.74) is 0.0887. The van der Waals surface area contributed by atoms with Crippen molar-refractivity contribution in [1.29, 1.82) is 0 Å². The second-order valence-electron chi connectivity index (χ2n) is 3.37. The molecule has 81 valence electrons. The SMILES string of the molecule is CCCCn1c(=O)[nH]c2c(=O)[nH]cnc21.[Na]. The summed E-state index contributed by atoms with van der Waals surface area (Å²) in [5, 5.41) is 0. The number of imidazole rings is 1. The normalized spacial score (nSPS) is 10.3. The number of rotatable bonds is 3. The second kappa shape index (κ2) is 5.47. The van der Waals surface area contributed by atoms with Gasteiger partial charge in [0.1, 0.15) is 0 Å². The summed E-state index contributed by atoms with van der Waals surface area (Å²) in [6.45, 7) is 2.63. The molecule has 0 saturated carbocycles. The fourth-order valence-electron chi connectivity index (χ4n) is 1.50. The number of unbranched alkanes of at least 4 members (excludes halogenated alkanes) is 1. The Balaban J connectivity index is 0.00000128. The Morgan fingerprint density at radius 2 is 2.19 bits per heavy atom. The van der Waals surface area contributed by atoms with Crippen molar-refractivity contribution < 1.29 is 0 Å². The molecule has 16 heavy (non-hydrogen) atoms. The molecule has 0 aliphatic heterocycles. The van der Waals surface area contributed by atoms with E-state index in [4.69, 9.17) is 0 Å². The van der Waals surface area contributed by atoms with E-state index < -0.39 is 0 Å². The van der Waals surface area contributed by atoms with Crippen LogP contribution in [0.4, 0.5) is 0 Å². The number of H-pyrrole nitrogens is 2. The van der Waals surface area contributed by atoms with Crippen LogP contribution >= 0.6 is 0 Å². The number of aromatic amines is 2. The van der Waals surface area contributed by atoms with Gasteiger partial charge in [0.2, 0.25) is 0 Å². The first-order valence-electron chi connectivity index (χ1n) is 4.90. The predicted octanol–water partition coefficient (Wildman–Crippen LogP) is -0.168. The van der Waals surface area contributed by atoms with Crippen LogP contribution in [0, 0.1) is 0 Å². The van der Waals surface area contributed by atoms with Crippen LogP contribution in [0.15, 0.2) is 15.9 Å². The molecule has 2 aromatic heterocycles. The van der Waals surface area contributed by atoms with Crippen molar-refractivity contribution in [3.05, 3.63) is 27.2 Å². The Labute approximate surface area is 113 Å². The van der Waals surface area contributed by atoms with E-state index in [0.717, 1.165) is 12.8 Å². The molecule has 6 nitrogen and oxygen atoms in total. The first-order chi connectivity index (χ1) is 7.24. The summed E-state index contributed by atoms with van der Waals surface area (Å²) in [6.07, 6.45) is 3.18. The Morgan fingerprint density at radius 3 is 2.88 bits per heavy atom. The molecule has 2 N–H and O–H groups in total. The van der Waals surface area contributed by atoms with Gasteiger partial charge < -0.3 is 4.98 Å². The smallest absolute Gasteiger partial charge is 0.311 e. The molecule has 2 aromatic rings. The van der Waals surface area contributed by atoms with E-state index in [1.807, 2.05) is 6.92 Å². The maximum Gasteiger partial charge on any atom is 0.327 e. The Bertz CT molecular complexity index is 583. The summed E-state index contributed by atoms with van der Waals surface area (Å²) in [5.74, 6) is 0. The maximum absolute atomic E-state index is 11.5. The van der Waals surface area contributed by atoms with Gasteiger partial charge in [0.15, 0.2) is 11.2 Å². The number of nitrogens with one attached hydrogen (secondary N) is 2. The van der Waals surface area contributed by atoms with Gasteiger partial charge in [0.05, 0.1) is 6.33 Å². The molecule has 0 amide bonds. The number of aryl methyl sites for hydroxylation is 1. The average Bonchev–Trinajstić information content (AvgIpc) is 2.54. The first kappa shape index (κ1) is 13.2. The third-order valence-corrected chi connectivity index (χ3v) is 2.30. The minimum atomic E-state index is -0.313. The van der Waals surface area contributed by atoms with Crippen molar-refractivity contribution in [2.24, 2.45) is 0 Å². The van der Waals surface area contributed by atoms with Gasteiger partial charge >= 0.3 is 5.69 Å². The fraction of sp³-hybridized carbons (Fsp3) is 0.444. The standard InChI is InChI=1S/C9H12N4O2.Na/c1-2-3-4-13-7-6(12-9(13)15)8(14)11-5-10-7;/h5H,2-4H2,1H3,(H,12,15)(H,10,11,14);. The Hall–Kier alpha value is -0.850. The number of hydrogen-bond acceptors (Lipinski definition) is 3. The van der Waals surface area contributed by atoms with Crippen molar-refractivity contribution in [2.45, 2.75) is 26.3 Å². The van der Waals surface area contributed by atoms with Crippen LogP contribution in [-0.4, -0.2) is 49.1 Å². The summed E-state index contributed by atoms with van der Waals surface area (Å²) < 4.78 is 1.49. The van der Waals surface area contributed by atoms with Crippen molar-refractivity contribution in [3.8, 4) is 0 Å². The van der Waals surface area contributed by atoms with Crippen LogP contribution in [0.5, 0.6) is 0 Å². The molecule has 0 saturated heterocycles. The average molecular weight is 231 g/mol. The van der Waals surface area contributed by atoms with E-state index in [1.165, 1.54) is 10.9 Å². The zero-order valence-electron chi connectivity index (χ0n) is 9.41. The number of fused-ring (bicyclic) bond motifs is 1. The fourth-order valence-corrected chi connectivity index (χ4v) is 1.50. The van der Waals surface area contributed by atoms with Crippen molar-refractivity contribution in [3.63, 3.8) is 0 Å². The molecule has 0 fully saturated rings. The molecule has 0 bridgehead atoms. The van der Waals surface area contributed by atoms with Crippen LogP contribution in [0.3, 0.4) is 0 Å². The quantitative estimate of drug-likeness (QED) is 0.719. The molecule has 2 heterocycles. The van der Waals surface area contributed by atoms with Gasteiger partial charge in [0.25, 0.3) is 5.56 Å². The van der Waals surface area contributed by atoms with Crippen molar-refractivity contribution in [1.82, 2.24) is 19.5 Å². The zero-order valence-corrected chi connectivity index (χ0v) is 11.4. The predicted molar refractivity (Wildman–Crippen MR) is 61.6 cm³/mol. The van der Waals surface area contributed by atoms with Gasteiger partial charge in [-0.25, -0.2) is 9.78 Å². The third-order valence-electron chi connectivity index (χ3n) is 2.30. The van der Waals surface area contributed by atoms with Gasteiger partial charge in [-0.15, -0.1) is 0 Å². The summed E-state index contributed by atoms with van der Waals surface area (Å²) in [6, 6.07) is 0. The van der Waals surface area contributed by atoms with Gasteiger partial charge in [-0.05, 0) is 6.42 Å². The molecule has 2 rings (SSSR count). The summed E-state index contributed by atoms with van der Waals surface area (Å²) in [7, 11) is 0. The van der Waals surface area contributed by atoms with Crippen LogP contribution in [0.2, 0.25) is 0 Å². The summed E-state index contributed by atoms with van der Waals surface area (Å²) in [4.78, 5) is 31.8. The van der Waals surface area contributed by atoms with E-state index >= 15 is 0 Å². The van der Waals surface area contributed by atoms with E-state index in [-0.39, 0.29) is 46.3 Å². The Kier molecular flexibility index (Phi) is 4.52. The van der Waals surface area contributed by atoms with Crippen LogP contribution in [-0.2, 0) is 6.54 Å². The topological polar surface area (TPSA) is 83.5 Å². The van der Waals surface area contributed by atoms with Gasteiger partial charge in [-0.3, -0.25) is 14.3 Å². The Morgan fingerprint density at radius 1 is 1.44 bits per heavy atom. The molecule has 0 atom stereocenters. The zero-order chi connectivity index (χ0) is 10.8. The van der Waals surface area contributed by atoms with Crippen molar-refractivity contribution >= 4 is 40.7 Å². The number of aromatic nitrogens is 4. The molecule has 7 heteroatoms. The van der Waals surface area contributed by atoms with E-state index in [1.54, 1.807) is 0 Å². The van der Waals surface area contributed by atoms with E-state index in [2.05, 4.69) is 15.0 Å². The molecule has 0 spiro atoms. The molecule has 1 radical (unpaired) electrons. The molecule has 0 aliphatic carbocycles. The second-order valence-corrected chi connectivity index (χ2v) is 3.37. The molecule has 0 aromatic carbocycles. The van der Waals surface area contributed by atoms with E-state index in [0.29, 0.717) is 12.2 Å². The largest absolute Gasteiger partial charge is 0.327 e. The number of nitrogens with zero attached hydrogens (tertiary/aromatic N) is 2. The monoisotopic (exact) mass is 231 g/mol.